The maximum Gasteiger partial charge on any atom is 0.0537 e. The smallest absolute Gasteiger partial charge is 0.0537 e. The number of fused-ring (bicyclic) bond motifs is 3. The molecule has 0 fully saturated rings. The van der Waals surface area contributed by atoms with E-state index in [0.29, 0.717) is 0 Å². The third-order valence-electron chi connectivity index (χ3n) is 7.73. The Balaban J connectivity index is 0.000000193. The molecule has 0 amide bonds. The van der Waals surface area contributed by atoms with Crippen molar-refractivity contribution in [3.63, 3.8) is 0 Å². The lowest BCUT2D eigenvalue weighted by Gasteiger charge is -2.10. The van der Waals surface area contributed by atoms with Crippen molar-refractivity contribution in [2.24, 2.45) is 0 Å². The molecular formula is C41H45N. The van der Waals surface area contributed by atoms with Gasteiger partial charge in [-0.05, 0) is 96.8 Å². The van der Waals surface area contributed by atoms with Crippen LogP contribution in [-0.4, -0.2) is 4.57 Å². The monoisotopic (exact) mass is 551 g/mol. The molecule has 2 aliphatic rings. The lowest BCUT2D eigenvalue weighted by atomic mass is 9.97. The van der Waals surface area contributed by atoms with E-state index in [2.05, 4.69) is 147 Å². The SMILES string of the molecule is CC.CC.CC1=CC=C(c2ccc(-n3c4c(c5ccccc53)CC=C4)cc2)C1.Cc1ccccc1-c1ccccc1C. The number of allylic oxidation sites excluding steroid dienone is 5. The molecule has 0 N–H and O–H groups in total. The molecule has 2 aliphatic carbocycles. The quantitative estimate of drug-likeness (QED) is 0.210. The van der Waals surface area contributed by atoms with E-state index in [-0.39, 0.29) is 0 Å². The standard InChI is InChI=1S/C23H19N.C14H14.2C2H6/c1-16-9-10-18(15-16)17-11-13-19(14-12-17)24-22-7-3-2-5-20(22)21-6-4-8-23(21)24;1-11-7-3-5-9-13(11)14-10-6-4-8-12(14)2;2*1-2/h2-5,7-14H,6,15H2,1H3;3-10H,1-2H3;2*1-2H3. The summed E-state index contributed by atoms with van der Waals surface area (Å²) in [7, 11) is 0. The molecule has 1 nitrogen and oxygen atoms in total. The first-order valence-corrected chi connectivity index (χ1v) is 15.5. The van der Waals surface area contributed by atoms with Gasteiger partial charge in [0.1, 0.15) is 0 Å². The zero-order chi connectivity index (χ0) is 30.1. The Morgan fingerprint density at radius 1 is 0.595 bits per heavy atom. The topological polar surface area (TPSA) is 4.93 Å². The summed E-state index contributed by atoms with van der Waals surface area (Å²) in [5.74, 6) is 0. The van der Waals surface area contributed by atoms with Crippen molar-refractivity contribution < 1.29 is 0 Å². The summed E-state index contributed by atoms with van der Waals surface area (Å²) in [6.45, 7) is 14.5. The zero-order valence-corrected chi connectivity index (χ0v) is 26.4. The van der Waals surface area contributed by atoms with Gasteiger partial charge in [-0.2, -0.15) is 0 Å². The highest BCUT2D eigenvalue weighted by Gasteiger charge is 2.18. The van der Waals surface area contributed by atoms with Crippen LogP contribution >= 0.6 is 0 Å². The molecule has 1 heterocycles. The Morgan fingerprint density at radius 3 is 1.74 bits per heavy atom. The van der Waals surface area contributed by atoms with Gasteiger partial charge in [0, 0.05) is 11.1 Å². The van der Waals surface area contributed by atoms with Gasteiger partial charge in [-0.3, -0.25) is 0 Å². The second-order valence-corrected chi connectivity index (χ2v) is 10.4. The summed E-state index contributed by atoms with van der Waals surface area (Å²) in [6, 6.07) is 34.8. The fourth-order valence-electron chi connectivity index (χ4n) is 5.72. The first-order valence-electron chi connectivity index (χ1n) is 15.5. The number of aromatic nitrogens is 1. The van der Waals surface area contributed by atoms with Gasteiger partial charge in [0.15, 0.2) is 0 Å². The van der Waals surface area contributed by atoms with E-state index >= 15 is 0 Å². The Hall–Kier alpha value is -4.36. The Labute approximate surface area is 253 Å². The normalized spacial score (nSPS) is 12.6. The van der Waals surface area contributed by atoms with Crippen molar-refractivity contribution in [3.8, 4) is 16.8 Å². The second kappa shape index (κ2) is 14.5. The van der Waals surface area contributed by atoms with Crippen molar-refractivity contribution in [3.05, 3.63) is 149 Å². The van der Waals surface area contributed by atoms with E-state index in [1.165, 1.54) is 66.8 Å². The molecule has 42 heavy (non-hydrogen) atoms. The fourth-order valence-corrected chi connectivity index (χ4v) is 5.72. The lowest BCUT2D eigenvalue weighted by molar-refractivity contribution is 1.10. The van der Waals surface area contributed by atoms with Gasteiger partial charge in [0.05, 0.1) is 11.2 Å². The minimum absolute atomic E-state index is 1.04. The van der Waals surface area contributed by atoms with Gasteiger partial charge in [-0.15, -0.1) is 0 Å². The summed E-state index contributed by atoms with van der Waals surface area (Å²) in [5.41, 5.74) is 14.9. The van der Waals surface area contributed by atoms with E-state index in [1.54, 1.807) is 0 Å². The molecule has 1 aromatic heterocycles. The number of hydrogen-bond acceptors (Lipinski definition) is 0. The van der Waals surface area contributed by atoms with Gasteiger partial charge in [-0.25, -0.2) is 0 Å². The van der Waals surface area contributed by atoms with E-state index < -0.39 is 0 Å². The average molecular weight is 552 g/mol. The predicted octanol–water partition coefficient (Wildman–Crippen LogP) is 12.0. The highest BCUT2D eigenvalue weighted by atomic mass is 15.0. The number of para-hydroxylation sites is 1. The summed E-state index contributed by atoms with van der Waals surface area (Å²) in [6.07, 6.45) is 11.1. The molecular weight excluding hydrogens is 506 g/mol. The number of nitrogens with zero attached hydrogens (tertiary/aromatic N) is 1. The lowest BCUT2D eigenvalue weighted by Crippen LogP contribution is -1.96. The van der Waals surface area contributed by atoms with Crippen molar-refractivity contribution >= 4 is 22.6 Å². The average Bonchev–Trinajstić information content (AvgIpc) is 3.77. The minimum Gasteiger partial charge on any atom is -0.310 e. The van der Waals surface area contributed by atoms with Gasteiger partial charge >= 0.3 is 0 Å². The van der Waals surface area contributed by atoms with Crippen LogP contribution in [0.25, 0.3) is 39.4 Å². The molecule has 4 aromatic carbocycles. The van der Waals surface area contributed by atoms with Gasteiger partial charge < -0.3 is 4.57 Å². The van der Waals surface area contributed by atoms with Crippen LogP contribution in [0.5, 0.6) is 0 Å². The summed E-state index contributed by atoms with van der Waals surface area (Å²) >= 11 is 0. The first-order chi connectivity index (χ1) is 20.6. The third-order valence-corrected chi connectivity index (χ3v) is 7.73. The van der Waals surface area contributed by atoms with Gasteiger partial charge in [-0.1, -0.05) is 130 Å². The minimum atomic E-state index is 1.04. The molecule has 0 bridgehead atoms. The van der Waals surface area contributed by atoms with Crippen molar-refractivity contribution in [1.82, 2.24) is 4.57 Å². The molecule has 0 aliphatic heterocycles. The number of aryl methyl sites for hydroxylation is 2. The Morgan fingerprint density at radius 2 is 1.17 bits per heavy atom. The maximum absolute atomic E-state index is 2.39. The number of hydrogen-bond donors (Lipinski definition) is 0. The highest BCUT2D eigenvalue weighted by Crippen LogP contribution is 2.35. The van der Waals surface area contributed by atoms with E-state index in [0.717, 1.165) is 12.8 Å². The van der Waals surface area contributed by atoms with Crippen LogP contribution in [0.1, 0.15) is 69.0 Å². The van der Waals surface area contributed by atoms with Crippen LogP contribution in [0, 0.1) is 13.8 Å². The molecule has 0 unspecified atom stereocenters. The molecule has 5 aromatic rings. The van der Waals surface area contributed by atoms with E-state index in [9.17, 15) is 0 Å². The molecule has 1 heteroatoms. The molecule has 0 radical (unpaired) electrons. The van der Waals surface area contributed by atoms with Crippen molar-refractivity contribution in [2.45, 2.75) is 61.3 Å². The number of rotatable bonds is 3. The predicted molar refractivity (Wildman–Crippen MR) is 186 cm³/mol. The van der Waals surface area contributed by atoms with Crippen LogP contribution in [0.3, 0.4) is 0 Å². The molecule has 214 valence electrons. The third kappa shape index (κ3) is 6.42. The van der Waals surface area contributed by atoms with Gasteiger partial charge in [0.25, 0.3) is 0 Å². The summed E-state index contributed by atoms with van der Waals surface area (Å²) < 4.78 is 2.39. The maximum atomic E-state index is 2.39. The van der Waals surface area contributed by atoms with E-state index in [4.69, 9.17) is 0 Å². The molecule has 0 saturated carbocycles. The second-order valence-electron chi connectivity index (χ2n) is 10.4. The van der Waals surface area contributed by atoms with Crippen LogP contribution in [0.15, 0.2) is 121 Å². The van der Waals surface area contributed by atoms with Crippen LogP contribution in [0.2, 0.25) is 0 Å². The Bertz CT molecular complexity index is 1680. The van der Waals surface area contributed by atoms with Crippen molar-refractivity contribution in [2.75, 3.05) is 0 Å². The summed E-state index contributed by atoms with van der Waals surface area (Å²) in [5, 5.41) is 1.37. The summed E-state index contributed by atoms with van der Waals surface area (Å²) in [4.78, 5) is 0. The molecule has 0 spiro atoms. The van der Waals surface area contributed by atoms with Crippen molar-refractivity contribution in [1.29, 1.82) is 0 Å². The van der Waals surface area contributed by atoms with Crippen LogP contribution in [0.4, 0.5) is 0 Å². The zero-order valence-electron chi connectivity index (χ0n) is 26.4. The van der Waals surface area contributed by atoms with E-state index in [1.807, 2.05) is 27.7 Å². The fraction of sp³-hybridized carbons (Fsp3) is 0.220. The highest BCUT2D eigenvalue weighted by molar-refractivity contribution is 5.91. The largest absolute Gasteiger partial charge is 0.310 e. The molecule has 0 atom stereocenters. The van der Waals surface area contributed by atoms with Crippen LogP contribution < -0.4 is 0 Å². The Kier molecular flexibility index (Phi) is 10.6. The first kappa shape index (κ1) is 30.6. The molecule has 7 rings (SSSR count). The van der Waals surface area contributed by atoms with Crippen LogP contribution in [-0.2, 0) is 6.42 Å². The molecule has 0 saturated heterocycles. The number of benzene rings is 4. The van der Waals surface area contributed by atoms with Gasteiger partial charge in [0.2, 0.25) is 0 Å².